The Labute approximate surface area is 141 Å². The summed E-state index contributed by atoms with van der Waals surface area (Å²) < 4.78 is 19.2. The van der Waals surface area contributed by atoms with E-state index in [9.17, 15) is 4.39 Å². The molecule has 0 amide bonds. The number of thioether (sulfide) groups is 1. The molecule has 0 aliphatic heterocycles. The fraction of sp³-hybridized carbons (Fsp3) is 0.312. The van der Waals surface area contributed by atoms with Crippen molar-refractivity contribution in [2.45, 2.75) is 36.7 Å². The number of aromatic nitrogens is 3. The third-order valence-electron chi connectivity index (χ3n) is 3.82. The maximum Gasteiger partial charge on any atom is 0.277 e. The minimum absolute atomic E-state index is 0.176. The minimum atomic E-state index is -0.193. The molecule has 0 saturated heterocycles. The molecule has 1 aromatic carbocycles. The average molecular weight is 347 g/mol. The summed E-state index contributed by atoms with van der Waals surface area (Å²) in [6.07, 6.45) is 2.48. The van der Waals surface area contributed by atoms with E-state index in [4.69, 9.17) is 4.42 Å². The van der Waals surface area contributed by atoms with E-state index < -0.39 is 0 Å². The number of fused-ring (bicyclic) bond motifs is 1. The lowest BCUT2D eigenvalue weighted by atomic mass is 10.1. The molecule has 118 valence electrons. The van der Waals surface area contributed by atoms with Crippen LogP contribution in [0.3, 0.4) is 0 Å². The van der Waals surface area contributed by atoms with Gasteiger partial charge in [0.05, 0.1) is 17.1 Å². The maximum absolute atomic E-state index is 13.5. The lowest BCUT2D eigenvalue weighted by Gasteiger charge is -2.07. The van der Waals surface area contributed by atoms with Crippen molar-refractivity contribution in [3.63, 3.8) is 0 Å². The summed E-state index contributed by atoms with van der Waals surface area (Å²) in [7, 11) is 0. The van der Waals surface area contributed by atoms with Gasteiger partial charge in [0, 0.05) is 10.6 Å². The van der Waals surface area contributed by atoms with Crippen LogP contribution in [-0.2, 0) is 12.8 Å². The van der Waals surface area contributed by atoms with Crippen molar-refractivity contribution in [2.24, 2.45) is 0 Å². The molecule has 1 aliphatic rings. The van der Waals surface area contributed by atoms with Crippen LogP contribution in [0, 0.1) is 12.7 Å². The van der Waals surface area contributed by atoms with Gasteiger partial charge >= 0.3 is 0 Å². The second kappa shape index (κ2) is 6.05. The summed E-state index contributed by atoms with van der Waals surface area (Å²) in [6.45, 7) is 1.97. The Balaban J connectivity index is 1.48. The van der Waals surface area contributed by atoms with Crippen LogP contribution in [0.2, 0.25) is 0 Å². The van der Waals surface area contributed by atoms with Gasteiger partial charge < -0.3 is 4.42 Å². The van der Waals surface area contributed by atoms with Crippen LogP contribution >= 0.6 is 23.1 Å². The van der Waals surface area contributed by atoms with Gasteiger partial charge in [-0.1, -0.05) is 17.8 Å². The van der Waals surface area contributed by atoms with Crippen LogP contribution in [0.1, 0.15) is 39.4 Å². The summed E-state index contributed by atoms with van der Waals surface area (Å²) in [5.41, 5.74) is 3.20. The molecule has 4 nitrogen and oxygen atoms in total. The van der Waals surface area contributed by atoms with Gasteiger partial charge in [0.25, 0.3) is 5.22 Å². The van der Waals surface area contributed by atoms with Crippen molar-refractivity contribution in [1.82, 2.24) is 15.2 Å². The molecular formula is C16H14FN3OS2. The molecule has 0 unspecified atom stereocenters. The Morgan fingerprint density at radius 3 is 3.13 bits per heavy atom. The van der Waals surface area contributed by atoms with E-state index in [2.05, 4.69) is 15.2 Å². The molecular weight excluding hydrogens is 333 g/mol. The van der Waals surface area contributed by atoms with Gasteiger partial charge in [-0.3, -0.25) is 0 Å². The lowest BCUT2D eigenvalue weighted by molar-refractivity contribution is 0.418. The van der Waals surface area contributed by atoms with E-state index in [1.165, 1.54) is 23.4 Å². The number of rotatable bonds is 4. The Morgan fingerprint density at radius 1 is 1.39 bits per heavy atom. The molecule has 1 atom stereocenters. The van der Waals surface area contributed by atoms with Crippen LogP contribution in [-0.4, -0.2) is 15.2 Å². The van der Waals surface area contributed by atoms with E-state index in [0.717, 1.165) is 29.1 Å². The fourth-order valence-corrected chi connectivity index (χ4v) is 4.45. The average Bonchev–Trinajstić information content (AvgIpc) is 3.22. The first-order valence-corrected chi connectivity index (χ1v) is 9.11. The molecule has 0 spiro atoms. The highest BCUT2D eigenvalue weighted by Gasteiger charge is 2.26. The van der Waals surface area contributed by atoms with Crippen LogP contribution < -0.4 is 0 Å². The van der Waals surface area contributed by atoms with Crippen LogP contribution in [0.5, 0.6) is 0 Å². The van der Waals surface area contributed by atoms with E-state index in [0.29, 0.717) is 17.5 Å². The molecule has 4 rings (SSSR count). The van der Waals surface area contributed by atoms with E-state index in [1.807, 2.05) is 18.4 Å². The standard InChI is InChI=1S/C16H14FN3OS2/c1-9-18-12(8-22-9)7-15-19-20-16(21-15)23-14-5-3-10-2-4-11(17)6-13(10)14/h2,4,6,8,14H,3,5,7H2,1H3/t14-/m1/s1. The predicted molar refractivity (Wildman–Crippen MR) is 87.3 cm³/mol. The summed E-state index contributed by atoms with van der Waals surface area (Å²) in [6, 6.07) is 5.01. The van der Waals surface area contributed by atoms with Crippen molar-refractivity contribution in [1.29, 1.82) is 0 Å². The molecule has 0 N–H and O–H groups in total. The van der Waals surface area contributed by atoms with Crippen molar-refractivity contribution in [3.05, 3.63) is 57.1 Å². The molecule has 7 heteroatoms. The van der Waals surface area contributed by atoms with Crippen molar-refractivity contribution in [2.75, 3.05) is 0 Å². The quantitative estimate of drug-likeness (QED) is 0.702. The van der Waals surface area contributed by atoms with Crippen molar-refractivity contribution < 1.29 is 8.81 Å². The maximum atomic E-state index is 13.5. The van der Waals surface area contributed by atoms with Gasteiger partial charge in [0.1, 0.15) is 5.82 Å². The smallest absolute Gasteiger partial charge is 0.277 e. The number of thiazole rings is 1. The second-order valence-electron chi connectivity index (χ2n) is 5.48. The SMILES string of the molecule is Cc1nc(Cc2nnc(S[C@@H]3CCc4ccc(F)cc43)o2)cs1. The zero-order valence-corrected chi connectivity index (χ0v) is 14.1. The van der Waals surface area contributed by atoms with Gasteiger partial charge in [0.15, 0.2) is 0 Å². The molecule has 2 heterocycles. The Kier molecular flexibility index (Phi) is 3.90. The van der Waals surface area contributed by atoms with Gasteiger partial charge in [0.2, 0.25) is 5.89 Å². The first kappa shape index (κ1) is 14.8. The van der Waals surface area contributed by atoms with Crippen LogP contribution in [0.4, 0.5) is 4.39 Å². The zero-order chi connectivity index (χ0) is 15.8. The summed E-state index contributed by atoms with van der Waals surface area (Å²) >= 11 is 3.12. The molecule has 2 aromatic heterocycles. The monoisotopic (exact) mass is 347 g/mol. The van der Waals surface area contributed by atoms with Crippen LogP contribution in [0.15, 0.2) is 33.2 Å². The highest BCUT2D eigenvalue weighted by molar-refractivity contribution is 7.99. The molecule has 0 saturated carbocycles. The number of aryl methyl sites for hydroxylation is 2. The van der Waals surface area contributed by atoms with Gasteiger partial charge in [-0.25, -0.2) is 9.37 Å². The largest absolute Gasteiger partial charge is 0.416 e. The van der Waals surface area contributed by atoms with Gasteiger partial charge in [-0.2, -0.15) is 0 Å². The fourth-order valence-electron chi connectivity index (χ4n) is 2.78. The van der Waals surface area contributed by atoms with Gasteiger partial charge in [-0.15, -0.1) is 21.5 Å². The van der Waals surface area contributed by atoms with Crippen molar-refractivity contribution in [3.8, 4) is 0 Å². The first-order chi connectivity index (χ1) is 11.2. The zero-order valence-electron chi connectivity index (χ0n) is 12.5. The topological polar surface area (TPSA) is 51.8 Å². The Bertz CT molecular complexity index is 845. The molecule has 0 radical (unpaired) electrons. The number of hydrogen-bond donors (Lipinski definition) is 0. The normalized spacial score (nSPS) is 16.7. The molecule has 0 bridgehead atoms. The highest BCUT2D eigenvalue weighted by Crippen LogP contribution is 2.44. The highest BCUT2D eigenvalue weighted by atomic mass is 32.2. The van der Waals surface area contributed by atoms with E-state index in [-0.39, 0.29) is 11.1 Å². The summed E-state index contributed by atoms with van der Waals surface area (Å²) in [4.78, 5) is 4.40. The Morgan fingerprint density at radius 2 is 2.30 bits per heavy atom. The minimum Gasteiger partial charge on any atom is -0.416 e. The number of halogens is 1. The molecule has 0 fully saturated rings. The van der Waals surface area contributed by atoms with E-state index >= 15 is 0 Å². The molecule has 1 aliphatic carbocycles. The number of hydrogen-bond acceptors (Lipinski definition) is 6. The summed E-state index contributed by atoms with van der Waals surface area (Å²) in [5.74, 6) is 0.372. The molecule has 3 aromatic rings. The summed E-state index contributed by atoms with van der Waals surface area (Å²) in [5, 5.41) is 11.9. The van der Waals surface area contributed by atoms with Crippen LogP contribution in [0.25, 0.3) is 0 Å². The van der Waals surface area contributed by atoms with Crippen molar-refractivity contribution >= 4 is 23.1 Å². The number of nitrogens with zero attached hydrogens (tertiary/aromatic N) is 3. The second-order valence-corrected chi connectivity index (χ2v) is 7.70. The molecule has 23 heavy (non-hydrogen) atoms. The van der Waals surface area contributed by atoms with Gasteiger partial charge in [-0.05, 0) is 43.0 Å². The van der Waals surface area contributed by atoms with E-state index in [1.54, 1.807) is 17.4 Å². The Hall–Kier alpha value is -1.73. The predicted octanol–water partition coefficient (Wildman–Crippen LogP) is 4.34. The third-order valence-corrected chi connectivity index (χ3v) is 5.78. The number of benzene rings is 1. The third kappa shape index (κ3) is 3.16. The first-order valence-electron chi connectivity index (χ1n) is 7.36. The lowest BCUT2D eigenvalue weighted by Crippen LogP contribution is -1.89.